The molecule has 0 spiro atoms. The smallest absolute Gasteiger partial charge is 0.265 e. The van der Waals surface area contributed by atoms with Crippen molar-refractivity contribution in [2.75, 3.05) is 6.61 Å². The number of amides is 1. The molecule has 0 aliphatic rings. The minimum absolute atomic E-state index is 0.285. The summed E-state index contributed by atoms with van der Waals surface area (Å²) in [6.45, 7) is 3.31. The molecule has 0 unspecified atom stereocenters. The third kappa shape index (κ3) is 3.69. The highest BCUT2D eigenvalue weighted by Gasteiger charge is 2.03. The Morgan fingerprint density at radius 2 is 2.33 bits per heavy atom. The topological polar surface area (TPSA) is 64.3 Å². The summed E-state index contributed by atoms with van der Waals surface area (Å²) in [5.41, 5.74) is 3.62. The zero-order chi connectivity index (χ0) is 11.1. The molecule has 0 atom stereocenters. The van der Waals surface area contributed by atoms with Crippen molar-refractivity contribution in [2.45, 2.75) is 20.0 Å². The number of rotatable bonds is 5. The average Bonchev–Trinajstić information content (AvgIpc) is 2.29. The summed E-state index contributed by atoms with van der Waals surface area (Å²) in [6.07, 6.45) is 0.989. The van der Waals surface area contributed by atoms with Crippen LogP contribution in [0.4, 0.5) is 0 Å². The van der Waals surface area contributed by atoms with Gasteiger partial charge in [0.05, 0.1) is 6.61 Å². The molecule has 1 aromatic rings. The van der Waals surface area contributed by atoms with E-state index < -0.39 is 0 Å². The van der Waals surface area contributed by atoms with Gasteiger partial charge in [-0.05, 0) is 24.1 Å². The van der Waals surface area contributed by atoms with E-state index >= 15 is 0 Å². The van der Waals surface area contributed by atoms with Crippen LogP contribution < -0.4 is 11.3 Å². The molecule has 0 aliphatic heterocycles. The van der Waals surface area contributed by atoms with E-state index in [0.29, 0.717) is 12.2 Å². The normalized spacial score (nSPS) is 10.0. The molecular weight excluding hydrogens is 192 g/mol. The highest BCUT2D eigenvalue weighted by atomic mass is 16.5. The van der Waals surface area contributed by atoms with E-state index in [9.17, 15) is 4.79 Å². The molecular formula is C11H16N2O2. The van der Waals surface area contributed by atoms with Crippen LogP contribution in [0.5, 0.6) is 0 Å². The highest BCUT2D eigenvalue weighted by molar-refractivity contribution is 5.93. The van der Waals surface area contributed by atoms with Gasteiger partial charge in [-0.1, -0.05) is 19.1 Å². The van der Waals surface area contributed by atoms with Crippen molar-refractivity contribution in [1.29, 1.82) is 0 Å². The van der Waals surface area contributed by atoms with Crippen molar-refractivity contribution in [3.63, 3.8) is 0 Å². The van der Waals surface area contributed by atoms with E-state index in [1.54, 1.807) is 12.1 Å². The second-order valence-corrected chi connectivity index (χ2v) is 3.23. The first-order valence-electron chi connectivity index (χ1n) is 4.95. The predicted molar refractivity (Wildman–Crippen MR) is 58.0 cm³/mol. The third-order valence-corrected chi connectivity index (χ3v) is 1.94. The minimum Gasteiger partial charge on any atom is -0.377 e. The fourth-order valence-electron chi connectivity index (χ4n) is 1.22. The van der Waals surface area contributed by atoms with Crippen LogP contribution in [0.25, 0.3) is 0 Å². The Hall–Kier alpha value is -1.39. The lowest BCUT2D eigenvalue weighted by atomic mass is 10.1. The van der Waals surface area contributed by atoms with Gasteiger partial charge in [-0.15, -0.1) is 0 Å². The number of nitrogens with two attached hydrogens (primary N) is 1. The predicted octanol–water partition coefficient (Wildman–Crippen LogP) is 1.22. The maximum Gasteiger partial charge on any atom is 0.265 e. The molecule has 1 rings (SSSR count). The van der Waals surface area contributed by atoms with Crippen molar-refractivity contribution in [1.82, 2.24) is 5.43 Å². The maximum absolute atomic E-state index is 11.2. The van der Waals surface area contributed by atoms with Crippen molar-refractivity contribution < 1.29 is 9.53 Å². The molecule has 4 nitrogen and oxygen atoms in total. The summed E-state index contributed by atoms with van der Waals surface area (Å²) in [7, 11) is 0. The van der Waals surface area contributed by atoms with E-state index in [2.05, 4.69) is 12.3 Å². The summed E-state index contributed by atoms with van der Waals surface area (Å²) in [5.74, 6) is 4.76. The van der Waals surface area contributed by atoms with E-state index in [1.165, 1.54) is 0 Å². The van der Waals surface area contributed by atoms with E-state index in [1.807, 2.05) is 12.1 Å². The monoisotopic (exact) mass is 208 g/mol. The first-order valence-corrected chi connectivity index (χ1v) is 4.95. The Morgan fingerprint density at radius 3 is 3.00 bits per heavy atom. The molecule has 1 aromatic carbocycles. The fourth-order valence-corrected chi connectivity index (χ4v) is 1.22. The van der Waals surface area contributed by atoms with Crippen LogP contribution in [0.2, 0.25) is 0 Å². The van der Waals surface area contributed by atoms with Gasteiger partial charge in [0, 0.05) is 12.2 Å². The summed E-state index contributed by atoms with van der Waals surface area (Å²) in [5, 5.41) is 0. The lowest BCUT2D eigenvalue weighted by Crippen LogP contribution is -2.29. The van der Waals surface area contributed by atoms with Crippen LogP contribution in [0.1, 0.15) is 29.3 Å². The number of hydrogen-bond acceptors (Lipinski definition) is 3. The molecule has 15 heavy (non-hydrogen) atoms. The number of ether oxygens (including phenoxy) is 1. The summed E-state index contributed by atoms with van der Waals surface area (Å²) >= 11 is 0. The van der Waals surface area contributed by atoms with Crippen LogP contribution in [0.3, 0.4) is 0 Å². The minimum atomic E-state index is -0.285. The van der Waals surface area contributed by atoms with E-state index in [-0.39, 0.29) is 5.91 Å². The number of carbonyl (C=O) groups is 1. The SMILES string of the molecule is CCCOCc1cccc(C(=O)NN)c1. The molecule has 0 saturated carbocycles. The quantitative estimate of drug-likeness (QED) is 0.331. The van der Waals surface area contributed by atoms with Gasteiger partial charge in [0.25, 0.3) is 5.91 Å². The Balaban J connectivity index is 2.62. The molecule has 0 bridgehead atoms. The van der Waals surface area contributed by atoms with Crippen molar-refractivity contribution in [3.05, 3.63) is 35.4 Å². The van der Waals surface area contributed by atoms with Gasteiger partial charge in [0.2, 0.25) is 0 Å². The summed E-state index contributed by atoms with van der Waals surface area (Å²) < 4.78 is 5.37. The number of hydrogen-bond donors (Lipinski definition) is 2. The number of nitrogens with one attached hydrogen (secondary N) is 1. The van der Waals surface area contributed by atoms with Crippen LogP contribution in [0, 0.1) is 0 Å². The van der Waals surface area contributed by atoms with Crippen LogP contribution in [-0.2, 0) is 11.3 Å². The van der Waals surface area contributed by atoms with Crippen molar-refractivity contribution in [3.8, 4) is 0 Å². The van der Waals surface area contributed by atoms with Gasteiger partial charge in [0.1, 0.15) is 0 Å². The first kappa shape index (κ1) is 11.7. The molecule has 1 amide bonds. The molecule has 0 aromatic heterocycles. The lowest BCUT2D eigenvalue weighted by Gasteiger charge is -2.04. The van der Waals surface area contributed by atoms with Crippen LogP contribution in [0.15, 0.2) is 24.3 Å². The van der Waals surface area contributed by atoms with Crippen molar-refractivity contribution >= 4 is 5.91 Å². The van der Waals surface area contributed by atoms with Crippen LogP contribution in [-0.4, -0.2) is 12.5 Å². The third-order valence-electron chi connectivity index (χ3n) is 1.94. The summed E-state index contributed by atoms with van der Waals surface area (Å²) in [6, 6.07) is 7.22. The number of hydrazine groups is 1. The molecule has 4 heteroatoms. The zero-order valence-corrected chi connectivity index (χ0v) is 8.82. The number of carbonyl (C=O) groups excluding carboxylic acids is 1. The standard InChI is InChI=1S/C11H16N2O2/c1-2-6-15-8-9-4-3-5-10(7-9)11(14)13-12/h3-5,7H,2,6,8,12H2,1H3,(H,13,14). The number of nitrogen functional groups attached to an aromatic ring is 1. The fraction of sp³-hybridized carbons (Fsp3) is 0.364. The second kappa shape index (κ2) is 6.16. The first-order chi connectivity index (χ1) is 7.27. The van der Waals surface area contributed by atoms with Gasteiger partial charge >= 0.3 is 0 Å². The zero-order valence-electron chi connectivity index (χ0n) is 8.82. The van der Waals surface area contributed by atoms with Gasteiger partial charge in [-0.3, -0.25) is 10.2 Å². The van der Waals surface area contributed by atoms with Gasteiger partial charge in [-0.25, -0.2) is 5.84 Å². The van der Waals surface area contributed by atoms with Gasteiger partial charge in [0.15, 0.2) is 0 Å². The average molecular weight is 208 g/mol. The largest absolute Gasteiger partial charge is 0.377 e. The molecule has 0 radical (unpaired) electrons. The highest BCUT2D eigenvalue weighted by Crippen LogP contribution is 2.06. The molecule has 0 saturated heterocycles. The Kier molecular flexibility index (Phi) is 4.80. The Labute approximate surface area is 89.4 Å². The molecule has 0 fully saturated rings. The molecule has 82 valence electrons. The van der Waals surface area contributed by atoms with Gasteiger partial charge in [-0.2, -0.15) is 0 Å². The Morgan fingerprint density at radius 1 is 1.53 bits per heavy atom. The number of benzene rings is 1. The van der Waals surface area contributed by atoms with Gasteiger partial charge < -0.3 is 4.74 Å². The maximum atomic E-state index is 11.2. The second-order valence-electron chi connectivity index (χ2n) is 3.23. The van der Waals surface area contributed by atoms with E-state index in [0.717, 1.165) is 18.6 Å². The summed E-state index contributed by atoms with van der Waals surface area (Å²) in [4.78, 5) is 11.2. The Bertz CT molecular complexity index is 326. The van der Waals surface area contributed by atoms with Crippen LogP contribution >= 0.6 is 0 Å². The van der Waals surface area contributed by atoms with E-state index in [4.69, 9.17) is 10.6 Å². The molecule has 0 heterocycles. The molecule has 0 aliphatic carbocycles. The van der Waals surface area contributed by atoms with Crippen molar-refractivity contribution in [2.24, 2.45) is 5.84 Å². The molecule has 3 N–H and O–H groups in total. The lowest BCUT2D eigenvalue weighted by molar-refractivity contribution is 0.0953.